The number of hydrogen-bond donors (Lipinski definition) is 1. The van der Waals surface area contributed by atoms with Crippen molar-refractivity contribution in [1.82, 2.24) is 9.62 Å². The molecule has 5 nitrogen and oxygen atoms in total. The van der Waals surface area contributed by atoms with E-state index in [1.807, 2.05) is 0 Å². The molecule has 8 heteroatoms. The minimum atomic E-state index is -3.42. The van der Waals surface area contributed by atoms with Crippen LogP contribution < -0.4 is 5.32 Å². The van der Waals surface area contributed by atoms with E-state index in [0.717, 1.165) is 18.4 Å². The molecule has 2 aromatic carbocycles. The molecule has 0 spiro atoms. The summed E-state index contributed by atoms with van der Waals surface area (Å²) < 4.78 is 26.5. The standard InChI is InChI=1S/C20H20Cl2N2O3S/c21-18-4-3-5-19(22)17(18)10-11-20(25)23-14-15-6-8-16(9-7-15)28(26,27)24-12-1-2-13-24/h3-11H,1-2,12-14H2,(H,23,25)/b11-10+. The predicted octanol–water partition coefficient (Wildman–Crippen LogP) is 4.11. The van der Waals surface area contributed by atoms with Crippen LogP contribution in [0.15, 0.2) is 53.4 Å². The number of hydrogen-bond acceptors (Lipinski definition) is 3. The van der Waals surface area contributed by atoms with Crippen molar-refractivity contribution in [2.24, 2.45) is 0 Å². The number of amides is 1. The van der Waals surface area contributed by atoms with Crippen LogP contribution in [0.3, 0.4) is 0 Å². The quantitative estimate of drug-likeness (QED) is 0.689. The highest BCUT2D eigenvalue weighted by Crippen LogP contribution is 2.25. The Balaban J connectivity index is 1.59. The molecule has 0 aromatic heterocycles. The topological polar surface area (TPSA) is 66.5 Å². The van der Waals surface area contributed by atoms with E-state index < -0.39 is 10.0 Å². The fourth-order valence-electron chi connectivity index (χ4n) is 2.93. The lowest BCUT2D eigenvalue weighted by Gasteiger charge is -2.15. The van der Waals surface area contributed by atoms with Gasteiger partial charge in [-0.25, -0.2) is 8.42 Å². The fraction of sp³-hybridized carbons (Fsp3) is 0.250. The molecule has 1 heterocycles. The zero-order valence-corrected chi connectivity index (χ0v) is 17.4. The number of rotatable bonds is 6. The molecule has 0 bridgehead atoms. The Morgan fingerprint density at radius 3 is 2.25 bits per heavy atom. The van der Waals surface area contributed by atoms with Crippen molar-refractivity contribution in [2.75, 3.05) is 13.1 Å². The smallest absolute Gasteiger partial charge is 0.244 e. The third-order valence-corrected chi connectivity index (χ3v) is 7.07. The Morgan fingerprint density at radius 2 is 1.64 bits per heavy atom. The summed E-state index contributed by atoms with van der Waals surface area (Å²) in [6, 6.07) is 11.7. The molecule has 1 aliphatic heterocycles. The first-order valence-electron chi connectivity index (χ1n) is 8.87. The van der Waals surface area contributed by atoms with Crippen LogP contribution in [-0.2, 0) is 21.4 Å². The molecule has 28 heavy (non-hydrogen) atoms. The molecular formula is C20H20Cl2N2O3S. The molecule has 0 saturated carbocycles. The van der Waals surface area contributed by atoms with Crippen molar-refractivity contribution < 1.29 is 13.2 Å². The molecule has 0 unspecified atom stereocenters. The van der Waals surface area contributed by atoms with Crippen LogP contribution in [0.2, 0.25) is 10.0 Å². The Hall–Kier alpha value is -1.86. The molecule has 1 N–H and O–H groups in total. The van der Waals surface area contributed by atoms with E-state index in [9.17, 15) is 13.2 Å². The minimum Gasteiger partial charge on any atom is -0.348 e. The fourth-order valence-corrected chi connectivity index (χ4v) is 4.97. The van der Waals surface area contributed by atoms with Gasteiger partial charge in [-0.2, -0.15) is 4.31 Å². The first-order chi connectivity index (χ1) is 13.4. The highest BCUT2D eigenvalue weighted by molar-refractivity contribution is 7.89. The third kappa shape index (κ3) is 4.94. The second kappa shape index (κ2) is 9.09. The van der Waals surface area contributed by atoms with Crippen LogP contribution >= 0.6 is 23.2 Å². The van der Waals surface area contributed by atoms with E-state index in [0.29, 0.717) is 28.7 Å². The first kappa shape index (κ1) is 20.9. The zero-order valence-electron chi connectivity index (χ0n) is 15.1. The second-order valence-electron chi connectivity index (χ2n) is 6.44. The average molecular weight is 439 g/mol. The van der Waals surface area contributed by atoms with Crippen molar-refractivity contribution >= 4 is 45.2 Å². The molecule has 1 saturated heterocycles. The summed E-state index contributed by atoms with van der Waals surface area (Å²) in [4.78, 5) is 12.3. The molecule has 0 radical (unpaired) electrons. The zero-order chi connectivity index (χ0) is 20.1. The molecule has 0 atom stereocenters. The Labute approximate surface area is 175 Å². The van der Waals surface area contributed by atoms with Gasteiger partial charge in [-0.1, -0.05) is 41.4 Å². The number of sulfonamides is 1. The van der Waals surface area contributed by atoms with Gasteiger partial charge < -0.3 is 5.32 Å². The summed E-state index contributed by atoms with van der Waals surface area (Å²) in [5.74, 6) is -0.301. The summed E-state index contributed by atoms with van der Waals surface area (Å²) in [5, 5.41) is 3.68. The summed E-state index contributed by atoms with van der Waals surface area (Å²) in [7, 11) is -3.42. The van der Waals surface area contributed by atoms with E-state index in [1.54, 1.807) is 48.5 Å². The van der Waals surface area contributed by atoms with Gasteiger partial charge in [0.1, 0.15) is 0 Å². The SMILES string of the molecule is O=C(/C=C/c1c(Cl)cccc1Cl)NCc1ccc(S(=O)(=O)N2CCCC2)cc1. The maximum Gasteiger partial charge on any atom is 0.244 e. The van der Waals surface area contributed by atoms with Crippen LogP contribution in [0.5, 0.6) is 0 Å². The van der Waals surface area contributed by atoms with Gasteiger partial charge >= 0.3 is 0 Å². The summed E-state index contributed by atoms with van der Waals surface area (Å²) in [5.41, 5.74) is 1.38. The summed E-state index contributed by atoms with van der Waals surface area (Å²) in [6.07, 6.45) is 4.72. The van der Waals surface area contributed by atoms with E-state index in [1.165, 1.54) is 10.4 Å². The van der Waals surface area contributed by atoms with E-state index >= 15 is 0 Å². The molecule has 1 aliphatic rings. The maximum atomic E-state index is 12.5. The Bertz CT molecular complexity index is 963. The van der Waals surface area contributed by atoms with E-state index in [4.69, 9.17) is 23.2 Å². The molecule has 0 aliphatic carbocycles. The van der Waals surface area contributed by atoms with Crippen molar-refractivity contribution in [3.05, 3.63) is 69.7 Å². The van der Waals surface area contributed by atoms with Gasteiger partial charge in [0, 0.05) is 41.3 Å². The van der Waals surface area contributed by atoms with Gasteiger partial charge in [0.25, 0.3) is 0 Å². The summed E-state index contributed by atoms with van der Waals surface area (Å²) in [6.45, 7) is 1.42. The average Bonchev–Trinajstić information content (AvgIpc) is 3.22. The minimum absolute atomic E-state index is 0.276. The molecule has 148 valence electrons. The molecule has 2 aromatic rings. The van der Waals surface area contributed by atoms with Gasteiger partial charge in [-0.3, -0.25) is 4.79 Å². The van der Waals surface area contributed by atoms with Crippen LogP contribution in [0.1, 0.15) is 24.0 Å². The van der Waals surface area contributed by atoms with Gasteiger partial charge in [0.05, 0.1) is 4.90 Å². The number of carbonyl (C=O) groups excluding carboxylic acids is 1. The van der Waals surface area contributed by atoms with Crippen LogP contribution in [0.4, 0.5) is 0 Å². The van der Waals surface area contributed by atoms with Gasteiger partial charge in [0.15, 0.2) is 0 Å². The van der Waals surface area contributed by atoms with Crippen molar-refractivity contribution in [1.29, 1.82) is 0 Å². The second-order valence-corrected chi connectivity index (χ2v) is 9.19. The number of carbonyl (C=O) groups is 1. The lowest BCUT2D eigenvalue weighted by atomic mass is 10.2. The predicted molar refractivity (Wildman–Crippen MR) is 112 cm³/mol. The van der Waals surface area contributed by atoms with Gasteiger partial charge in [-0.15, -0.1) is 0 Å². The van der Waals surface area contributed by atoms with Crippen molar-refractivity contribution in [3.63, 3.8) is 0 Å². The van der Waals surface area contributed by atoms with Crippen LogP contribution in [-0.4, -0.2) is 31.7 Å². The van der Waals surface area contributed by atoms with Crippen LogP contribution in [0, 0.1) is 0 Å². The highest BCUT2D eigenvalue weighted by atomic mass is 35.5. The third-order valence-electron chi connectivity index (χ3n) is 4.49. The first-order valence-corrected chi connectivity index (χ1v) is 11.1. The number of benzene rings is 2. The normalized spacial score (nSPS) is 15.2. The number of nitrogens with zero attached hydrogens (tertiary/aromatic N) is 1. The number of nitrogens with one attached hydrogen (secondary N) is 1. The molecule has 1 fully saturated rings. The molecule has 3 rings (SSSR count). The van der Waals surface area contributed by atoms with Crippen LogP contribution in [0.25, 0.3) is 6.08 Å². The summed E-state index contributed by atoms with van der Waals surface area (Å²) >= 11 is 12.1. The molecule has 1 amide bonds. The Kier molecular flexibility index (Phi) is 6.78. The lowest BCUT2D eigenvalue weighted by Crippen LogP contribution is -2.27. The maximum absolute atomic E-state index is 12.5. The lowest BCUT2D eigenvalue weighted by molar-refractivity contribution is -0.116. The van der Waals surface area contributed by atoms with E-state index in [2.05, 4.69) is 5.32 Å². The van der Waals surface area contributed by atoms with Crippen molar-refractivity contribution in [2.45, 2.75) is 24.3 Å². The Morgan fingerprint density at radius 1 is 1.04 bits per heavy atom. The molecular weight excluding hydrogens is 419 g/mol. The van der Waals surface area contributed by atoms with Gasteiger partial charge in [0.2, 0.25) is 15.9 Å². The number of halogens is 2. The van der Waals surface area contributed by atoms with Crippen molar-refractivity contribution in [3.8, 4) is 0 Å². The van der Waals surface area contributed by atoms with E-state index in [-0.39, 0.29) is 17.3 Å². The highest BCUT2D eigenvalue weighted by Gasteiger charge is 2.26. The van der Waals surface area contributed by atoms with Gasteiger partial charge in [-0.05, 0) is 48.7 Å². The largest absolute Gasteiger partial charge is 0.348 e. The monoisotopic (exact) mass is 438 g/mol.